The van der Waals surface area contributed by atoms with E-state index in [1.807, 2.05) is 6.21 Å². The van der Waals surface area contributed by atoms with E-state index in [4.69, 9.17) is 0 Å². The van der Waals surface area contributed by atoms with Gasteiger partial charge >= 0.3 is 0 Å². The van der Waals surface area contributed by atoms with Gasteiger partial charge in [0.1, 0.15) is 0 Å². The molecule has 0 radical (unpaired) electrons. The number of allylic oxidation sites excluding steroid dienone is 2. The average Bonchev–Trinajstić information content (AvgIpc) is 1.80. The van der Waals surface area contributed by atoms with Crippen LogP contribution in [0.3, 0.4) is 0 Å². The van der Waals surface area contributed by atoms with E-state index in [9.17, 15) is 0 Å². The summed E-state index contributed by atoms with van der Waals surface area (Å²) in [7, 11) is 1.79. The molecule has 0 aromatic carbocycles. The van der Waals surface area contributed by atoms with Gasteiger partial charge in [-0.25, -0.2) is 0 Å². The molecule has 0 aliphatic rings. The lowest BCUT2D eigenvalue weighted by Gasteiger charge is -1.89. The average molecular weight is 125 g/mol. The first-order valence-corrected chi connectivity index (χ1v) is 3.34. The minimum absolute atomic E-state index is 0.662. The molecule has 0 bridgehead atoms. The summed E-state index contributed by atoms with van der Waals surface area (Å²) in [5, 5.41) is 0. The molecule has 0 saturated carbocycles. The Morgan fingerprint density at radius 1 is 1.44 bits per heavy atom. The van der Waals surface area contributed by atoms with Crippen LogP contribution in [0.25, 0.3) is 0 Å². The van der Waals surface area contributed by atoms with E-state index in [1.54, 1.807) is 7.05 Å². The largest absolute Gasteiger partial charge is 0.301 e. The summed E-state index contributed by atoms with van der Waals surface area (Å²) >= 11 is 0. The Balaban J connectivity index is 3.25. The molecule has 0 aromatic heterocycles. The van der Waals surface area contributed by atoms with Gasteiger partial charge in [-0.15, -0.1) is 0 Å². The fraction of sp³-hybridized carbons (Fsp3) is 0.625. The third-order valence-corrected chi connectivity index (χ3v) is 0.945. The van der Waals surface area contributed by atoms with Crippen molar-refractivity contribution >= 4 is 6.21 Å². The second-order valence-electron chi connectivity index (χ2n) is 2.35. The van der Waals surface area contributed by atoms with Crippen molar-refractivity contribution < 1.29 is 0 Å². The van der Waals surface area contributed by atoms with Gasteiger partial charge in [0.05, 0.1) is 0 Å². The third-order valence-electron chi connectivity index (χ3n) is 0.945. The van der Waals surface area contributed by atoms with E-state index in [0.717, 1.165) is 6.42 Å². The van der Waals surface area contributed by atoms with Gasteiger partial charge in [0.25, 0.3) is 0 Å². The fourth-order valence-corrected chi connectivity index (χ4v) is 0.517. The molecule has 0 saturated heterocycles. The number of rotatable bonds is 3. The van der Waals surface area contributed by atoms with Crippen LogP contribution in [0, 0.1) is 5.92 Å². The van der Waals surface area contributed by atoms with Crippen molar-refractivity contribution in [2.45, 2.75) is 20.3 Å². The van der Waals surface area contributed by atoms with Gasteiger partial charge in [-0.1, -0.05) is 26.0 Å². The number of aliphatic imine (C=N–C) groups is 1. The van der Waals surface area contributed by atoms with Crippen LogP contribution in [0.5, 0.6) is 0 Å². The molecule has 0 atom stereocenters. The molecule has 0 amide bonds. The van der Waals surface area contributed by atoms with Crippen LogP contribution >= 0.6 is 0 Å². The normalized spacial score (nSPS) is 12.4. The summed E-state index contributed by atoms with van der Waals surface area (Å²) < 4.78 is 0. The van der Waals surface area contributed by atoms with Crippen molar-refractivity contribution in [3.63, 3.8) is 0 Å². The molecule has 52 valence electrons. The van der Waals surface area contributed by atoms with Crippen molar-refractivity contribution in [2.24, 2.45) is 10.9 Å². The Labute approximate surface area is 57.5 Å². The minimum Gasteiger partial charge on any atom is -0.301 e. The van der Waals surface area contributed by atoms with Gasteiger partial charge < -0.3 is 4.99 Å². The summed E-state index contributed by atoms with van der Waals surface area (Å²) in [5.74, 6) is 0.662. The first kappa shape index (κ1) is 8.41. The zero-order valence-electron chi connectivity index (χ0n) is 6.46. The quantitative estimate of drug-likeness (QED) is 0.405. The smallest absolute Gasteiger partial charge is 0.0273 e. The monoisotopic (exact) mass is 125 g/mol. The summed E-state index contributed by atoms with van der Waals surface area (Å²) in [5.41, 5.74) is 0. The SMILES string of the molecule is C/N=C/C/C=C\C(C)C. The summed E-state index contributed by atoms with van der Waals surface area (Å²) in [6.07, 6.45) is 7.19. The van der Waals surface area contributed by atoms with Crippen LogP contribution in [0.15, 0.2) is 17.1 Å². The van der Waals surface area contributed by atoms with E-state index in [2.05, 4.69) is 31.0 Å². The zero-order chi connectivity index (χ0) is 7.11. The van der Waals surface area contributed by atoms with E-state index >= 15 is 0 Å². The highest BCUT2D eigenvalue weighted by Crippen LogP contribution is 1.93. The molecule has 0 spiro atoms. The highest BCUT2D eigenvalue weighted by molar-refractivity contribution is 5.58. The Morgan fingerprint density at radius 3 is 2.56 bits per heavy atom. The molecule has 1 heteroatoms. The van der Waals surface area contributed by atoms with E-state index < -0.39 is 0 Å². The maximum atomic E-state index is 3.86. The van der Waals surface area contributed by atoms with Crippen LogP contribution in [-0.2, 0) is 0 Å². The van der Waals surface area contributed by atoms with Crippen LogP contribution in [0.2, 0.25) is 0 Å². The molecule has 0 aliphatic carbocycles. The van der Waals surface area contributed by atoms with E-state index in [0.29, 0.717) is 5.92 Å². The van der Waals surface area contributed by atoms with Gasteiger partial charge in [0.2, 0.25) is 0 Å². The van der Waals surface area contributed by atoms with Gasteiger partial charge in [0.15, 0.2) is 0 Å². The standard InChI is InChI=1S/C8H15N/c1-8(2)6-4-5-7-9-3/h4,6-8H,5H2,1-3H3/b6-4-,9-7+. The molecular formula is C8H15N. The van der Waals surface area contributed by atoms with Crippen molar-refractivity contribution in [1.82, 2.24) is 0 Å². The molecule has 0 fully saturated rings. The molecule has 0 heterocycles. The van der Waals surface area contributed by atoms with Crippen molar-refractivity contribution in [3.8, 4) is 0 Å². The highest BCUT2D eigenvalue weighted by Gasteiger charge is 1.79. The predicted octanol–water partition coefficient (Wildman–Crippen LogP) is 2.29. The lowest BCUT2D eigenvalue weighted by Crippen LogP contribution is -1.77. The van der Waals surface area contributed by atoms with Crippen LogP contribution in [0.4, 0.5) is 0 Å². The fourth-order valence-electron chi connectivity index (χ4n) is 0.517. The second-order valence-corrected chi connectivity index (χ2v) is 2.35. The van der Waals surface area contributed by atoms with Gasteiger partial charge in [-0.2, -0.15) is 0 Å². The summed E-state index contributed by atoms with van der Waals surface area (Å²) in [6.45, 7) is 4.33. The molecule has 0 rings (SSSR count). The molecule has 0 aliphatic heterocycles. The first-order chi connectivity index (χ1) is 4.27. The van der Waals surface area contributed by atoms with Gasteiger partial charge in [-0.3, -0.25) is 0 Å². The Bertz CT molecular complexity index is 101. The van der Waals surface area contributed by atoms with Crippen molar-refractivity contribution in [1.29, 1.82) is 0 Å². The topological polar surface area (TPSA) is 12.4 Å². The number of hydrogen-bond donors (Lipinski definition) is 0. The number of nitrogens with zero attached hydrogens (tertiary/aromatic N) is 1. The summed E-state index contributed by atoms with van der Waals surface area (Å²) in [4.78, 5) is 3.86. The summed E-state index contributed by atoms with van der Waals surface area (Å²) in [6, 6.07) is 0. The van der Waals surface area contributed by atoms with E-state index in [-0.39, 0.29) is 0 Å². The van der Waals surface area contributed by atoms with Crippen molar-refractivity contribution in [2.75, 3.05) is 7.05 Å². The molecule has 1 nitrogen and oxygen atoms in total. The highest BCUT2D eigenvalue weighted by atomic mass is 14.6. The van der Waals surface area contributed by atoms with Crippen molar-refractivity contribution in [3.05, 3.63) is 12.2 Å². The Morgan fingerprint density at radius 2 is 2.11 bits per heavy atom. The molecule has 0 aromatic rings. The lowest BCUT2D eigenvalue weighted by molar-refractivity contribution is 0.829. The third kappa shape index (κ3) is 7.41. The zero-order valence-corrected chi connectivity index (χ0v) is 6.46. The molecule has 0 N–H and O–H groups in total. The van der Waals surface area contributed by atoms with Crippen LogP contribution in [-0.4, -0.2) is 13.3 Å². The predicted molar refractivity (Wildman–Crippen MR) is 43.0 cm³/mol. The van der Waals surface area contributed by atoms with Gasteiger partial charge in [-0.05, 0) is 5.92 Å². The second kappa shape index (κ2) is 5.54. The molecular weight excluding hydrogens is 110 g/mol. The van der Waals surface area contributed by atoms with E-state index in [1.165, 1.54) is 0 Å². The Kier molecular flexibility index (Phi) is 5.18. The lowest BCUT2D eigenvalue weighted by atomic mass is 10.2. The van der Waals surface area contributed by atoms with Crippen LogP contribution in [0.1, 0.15) is 20.3 Å². The maximum absolute atomic E-state index is 3.86. The van der Waals surface area contributed by atoms with Crippen LogP contribution < -0.4 is 0 Å². The Hall–Kier alpha value is -0.590. The molecule has 0 unspecified atom stereocenters. The first-order valence-electron chi connectivity index (χ1n) is 3.34. The molecule has 9 heavy (non-hydrogen) atoms. The van der Waals surface area contributed by atoms with Gasteiger partial charge in [0, 0.05) is 19.7 Å². The minimum atomic E-state index is 0.662. The number of hydrogen-bond acceptors (Lipinski definition) is 1. The maximum Gasteiger partial charge on any atom is 0.0273 e.